The van der Waals surface area contributed by atoms with Gasteiger partial charge in [0.25, 0.3) is 0 Å². The van der Waals surface area contributed by atoms with E-state index < -0.39 is 0 Å². The van der Waals surface area contributed by atoms with Crippen LogP contribution >= 0.6 is 28.1 Å². The molecular formula is C21H19BrN2OS. The van der Waals surface area contributed by atoms with Crippen molar-refractivity contribution in [2.45, 2.75) is 25.7 Å². The zero-order valence-corrected chi connectivity index (χ0v) is 16.9. The Bertz CT molecular complexity index is 1010. The molecular weight excluding hydrogens is 408 g/mol. The predicted octanol–water partition coefficient (Wildman–Crippen LogP) is 5.92. The number of methoxy groups -OCH3 is 1. The van der Waals surface area contributed by atoms with Gasteiger partial charge in [-0.2, -0.15) is 0 Å². The van der Waals surface area contributed by atoms with E-state index in [0.717, 1.165) is 44.8 Å². The molecule has 0 saturated carbocycles. The monoisotopic (exact) mass is 426 g/mol. The van der Waals surface area contributed by atoms with E-state index in [9.17, 15) is 0 Å². The first-order valence-electron chi connectivity index (χ1n) is 8.72. The molecule has 0 unspecified atom stereocenters. The zero-order chi connectivity index (χ0) is 18.1. The van der Waals surface area contributed by atoms with Crippen LogP contribution in [0, 0.1) is 4.64 Å². The molecule has 4 rings (SSSR count). The quantitative estimate of drug-likeness (QED) is 0.486. The molecule has 0 aliphatic heterocycles. The van der Waals surface area contributed by atoms with Crippen molar-refractivity contribution in [2.24, 2.45) is 0 Å². The third kappa shape index (κ3) is 3.21. The van der Waals surface area contributed by atoms with Gasteiger partial charge in [0.05, 0.1) is 12.8 Å². The number of benzene rings is 2. The maximum absolute atomic E-state index is 5.65. The highest BCUT2D eigenvalue weighted by atomic mass is 79.9. The normalized spacial score (nSPS) is 13.3. The van der Waals surface area contributed by atoms with Gasteiger partial charge in [0.2, 0.25) is 0 Å². The average Bonchev–Trinajstić information content (AvgIpc) is 2.68. The summed E-state index contributed by atoms with van der Waals surface area (Å²) in [5.41, 5.74) is 4.61. The van der Waals surface area contributed by atoms with Crippen LogP contribution in [0.25, 0.3) is 17.1 Å². The van der Waals surface area contributed by atoms with Crippen LogP contribution in [0.3, 0.4) is 0 Å². The Morgan fingerprint density at radius 2 is 1.85 bits per heavy atom. The van der Waals surface area contributed by atoms with Gasteiger partial charge in [-0.05, 0) is 49.9 Å². The number of hydrogen-bond donors (Lipinski definition) is 0. The Morgan fingerprint density at radius 1 is 1.08 bits per heavy atom. The first kappa shape index (κ1) is 17.4. The summed E-state index contributed by atoms with van der Waals surface area (Å²) in [4.78, 5) is 4.84. The van der Waals surface area contributed by atoms with Gasteiger partial charge in [0.15, 0.2) is 0 Å². The van der Waals surface area contributed by atoms with Gasteiger partial charge in [0.1, 0.15) is 16.2 Å². The van der Waals surface area contributed by atoms with Crippen molar-refractivity contribution in [3.05, 3.63) is 68.9 Å². The number of hydrogen-bond acceptors (Lipinski definition) is 3. The van der Waals surface area contributed by atoms with Crippen molar-refractivity contribution in [2.75, 3.05) is 7.11 Å². The fourth-order valence-corrected chi connectivity index (χ4v) is 4.10. The van der Waals surface area contributed by atoms with Crippen LogP contribution in [-0.4, -0.2) is 16.7 Å². The fourth-order valence-electron chi connectivity index (χ4n) is 3.53. The highest BCUT2D eigenvalue weighted by molar-refractivity contribution is 9.10. The summed E-state index contributed by atoms with van der Waals surface area (Å²) in [6.45, 7) is 0. The van der Waals surface area contributed by atoms with Gasteiger partial charge in [-0.25, -0.2) is 4.98 Å². The highest BCUT2D eigenvalue weighted by Gasteiger charge is 2.20. The van der Waals surface area contributed by atoms with Crippen LogP contribution in [0.2, 0.25) is 0 Å². The molecule has 0 N–H and O–H groups in total. The van der Waals surface area contributed by atoms with E-state index in [1.54, 1.807) is 7.11 Å². The van der Waals surface area contributed by atoms with Crippen molar-refractivity contribution < 1.29 is 4.74 Å². The topological polar surface area (TPSA) is 27.1 Å². The summed E-state index contributed by atoms with van der Waals surface area (Å²) in [6.07, 6.45) is 4.37. The Balaban J connectivity index is 2.02. The number of fused-ring (bicyclic) bond motifs is 1. The lowest BCUT2D eigenvalue weighted by atomic mass is 9.96. The van der Waals surface area contributed by atoms with E-state index in [4.69, 9.17) is 21.9 Å². The molecule has 1 heterocycles. The number of rotatable bonds is 3. The molecule has 26 heavy (non-hydrogen) atoms. The summed E-state index contributed by atoms with van der Waals surface area (Å²) in [5.74, 6) is 1.72. The lowest BCUT2D eigenvalue weighted by Gasteiger charge is -2.25. The Kier molecular flexibility index (Phi) is 4.92. The third-order valence-corrected chi connectivity index (χ3v) is 5.67. The lowest BCUT2D eigenvalue weighted by Crippen LogP contribution is -2.17. The molecule has 2 aromatic carbocycles. The summed E-state index contributed by atoms with van der Waals surface area (Å²) in [6, 6.07) is 16.4. The molecule has 0 radical (unpaired) electrons. The SMILES string of the molecule is COc1cccc(-n2c(-c3ccc(Br)cc3)nc(=S)c3c2CCCC3)c1. The van der Waals surface area contributed by atoms with Crippen molar-refractivity contribution in [3.63, 3.8) is 0 Å². The van der Waals surface area contributed by atoms with E-state index >= 15 is 0 Å². The van der Waals surface area contributed by atoms with Gasteiger partial charge in [-0.1, -0.05) is 46.3 Å². The second-order valence-electron chi connectivity index (χ2n) is 6.42. The second kappa shape index (κ2) is 7.33. The molecule has 5 heteroatoms. The Morgan fingerprint density at radius 3 is 2.62 bits per heavy atom. The van der Waals surface area contributed by atoms with Crippen molar-refractivity contribution in [1.29, 1.82) is 0 Å². The Labute approximate surface area is 166 Å². The molecule has 0 spiro atoms. The summed E-state index contributed by atoms with van der Waals surface area (Å²) in [7, 11) is 1.69. The van der Waals surface area contributed by atoms with Crippen LogP contribution in [-0.2, 0) is 12.8 Å². The summed E-state index contributed by atoms with van der Waals surface area (Å²) < 4.78 is 9.48. The van der Waals surface area contributed by atoms with E-state index in [-0.39, 0.29) is 0 Å². The minimum absolute atomic E-state index is 0.733. The number of halogens is 1. The van der Waals surface area contributed by atoms with Gasteiger partial charge < -0.3 is 4.74 Å². The molecule has 0 amide bonds. The van der Waals surface area contributed by atoms with Gasteiger partial charge in [-0.15, -0.1) is 0 Å². The largest absolute Gasteiger partial charge is 0.497 e. The second-order valence-corrected chi connectivity index (χ2v) is 7.72. The minimum atomic E-state index is 0.733. The van der Waals surface area contributed by atoms with Crippen LogP contribution < -0.4 is 4.74 Å². The van der Waals surface area contributed by atoms with E-state index in [1.807, 2.05) is 24.3 Å². The zero-order valence-electron chi connectivity index (χ0n) is 14.5. The van der Waals surface area contributed by atoms with Gasteiger partial charge >= 0.3 is 0 Å². The third-order valence-electron chi connectivity index (χ3n) is 4.80. The van der Waals surface area contributed by atoms with E-state index in [1.165, 1.54) is 24.1 Å². The lowest BCUT2D eigenvalue weighted by molar-refractivity contribution is 0.414. The molecule has 0 fully saturated rings. The van der Waals surface area contributed by atoms with E-state index in [0.29, 0.717) is 0 Å². The number of aromatic nitrogens is 2. The first-order chi connectivity index (χ1) is 12.7. The van der Waals surface area contributed by atoms with Crippen molar-refractivity contribution in [1.82, 2.24) is 9.55 Å². The number of nitrogens with zero attached hydrogens (tertiary/aromatic N) is 2. The maximum atomic E-state index is 5.65. The van der Waals surface area contributed by atoms with E-state index in [2.05, 4.69) is 44.8 Å². The summed E-state index contributed by atoms with van der Waals surface area (Å²) >= 11 is 9.16. The molecule has 0 saturated heterocycles. The average molecular weight is 427 g/mol. The maximum Gasteiger partial charge on any atom is 0.146 e. The van der Waals surface area contributed by atoms with Crippen LogP contribution in [0.4, 0.5) is 0 Å². The molecule has 3 nitrogen and oxygen atoms in total. The molecule has 132 valence electrons. The Hall–Kier alpha value is -1.98. The van der Waals surface area contributed by atoms with Crippen molar-refractivity contribution >= 4 is 28.1 Å². The summed E-state index contributed by atoms with van der Waals surface area (Å²) in [5, 5.41) is 0. The molecule has 0 atom stereocenters. The first-order valence-corrected chi connectivity index (χ1v) is 9.92. The van der Waals surface area contributed by atoms with Crippen LogP contribution in [0.5, 0.6) is 5.75 Å². The van der Waals surface area contributed by atoms with Crippen molar-refractivity contribution in [3.8, 4) is 22.8 Å². The predicted molar refractivity (Wildman–Crippen MR) is 111 cm³/mol. The van der Waals surface area contributed by atoms with Gasteiger partial charge in [0, 0.05) is 27.4 Å². The highest BCUT2D eigenvalue weighted by Crippen LogP contribution is 2.31. The van der Waals surface area contributed by atoms with Crippen LogP contribution in [0.15, 0.2) is 53.0 Å². The molecule has 1 aliphatic carbocycles. The number of ether oxygens (including phenoxy) is 1. The smallest absolute Gasteiger partial charge is 0.146 e. The molecule has 0 bridgehead atoms. The minimum Gasteiger partial charge on any atom is -0.497 e. The standard InChI is InChI=1S/C21H19BrN2OS/c1-25-17-6-4-5-16(13-17)24-19-8-3-2-7-18(19)21(26)23-20(24)14-9-11-15(22)12-10-14/h4-6,9-13H,2-3,7-8H2,1H3. The molecule has 3 aromatic rings. The van der Waals surface area contributed by atoms with Crippen LogP contribution in [0.1, 0.15) is 24.1 Å². The van der Waals surface area contributed by atoms with Gasteiger partial charge in [-0.3, -0.25) is 4.57 Å². The fraction of sp³-hybridized carbons (Fsp3) is 0.238. The molecule has 1 aliphatic rings. The molecule has 1 aromatic heterocycles.